The first-order valence-electron chi connectivity index (χ1n) is 10.4. The minimum absolute atomic E-state index is 0.0931. The highest BCUT2D eigenvalue weighted by Crippen LogP contribution is 2.33. The number of methoxy groups -OCH3 is 1. The maximum absolute atomic E-state index is 13.7. The van der Waals surface area contributed by atoms with Crippen LogP contribution in [0.15, 0.2) is 23.1 Å². The van der Waals surface area contributed by atoms with Crippen LogP contribution in [0.25, 0.3) is 0 Å². The fraction of sp³-hybridized carbons (Fsp3) is 0.550. The average Bonchev–Trinajstić information content (AvgIpc) is 3.26. The molecular weight excluding hydrogens is 459 g/mol. The second kappa shape index (κ2) is 8.31. The van der Waals surface area contributed by atoms with Crippen molar-refractivity contribution in [3.8, 4) is 5.75 Å². The first-order valence-corrected chi connectivity index (χ1v) is 13.6. The van der Waals surface area contributed by atoms with E-state index < -0.39 is 25.7 Å². The van der Waals surface area contributed by atoms with Gasteiger partial charge in [0, 0.05) is 26.2 Å². The van der Waals surface area contributed by atoms with Crippen LogP contribution >= 0.6 is 0 Å². The van der Waals surface area contributed by atoms with Crippen molar-refractivity contribution in [2.75, 3.05) is 49.7 Å². The Morgan fingerprint density at radius 2 is 1.84 bits per heavy atom. The van der Waals surface area contributed by atoms with E-state index in [1.165, 1.54) is 17.5 Å². The molecule has 0 saturated carbocycles. The summed E-state index contributed by atoms with van der Waals surface area (Å²) in [5.74, 6) is -0.273. The van der Waals surface area contributed by atoms with Crippen LogP contribution in [0.5, 0.6) is 5.75 Å². The number of benzene rings is 1. The Balaban J connectivity index is 1.53. The lowest BCUT2D eigenvalue weighted by Gasteiger charge is -2.35. The predicted molar refractivity (Wildman–Crippen MR) is 118 cm³/mol. The Labute approximate surface area is 187 Å². The molecule has 0 N–H and O–H groups in total. The van der Waals surface area contributed by atoms with Gasteiger partial charge < -0.3 is 9.64 Å². The van der Waals surface area contributed by atoms with E-state index in [0.29, 0.717) is 19.5 Å². The summed E-state index contributed by atoms with van der Waals surface area (Å²) in [6.45, 7) is 5.12. The van der Waals surface area contributed by atoms with Crippen molar-refractivity contribution >= 4 is 25.5 Å². The predicted octanol–water partition coefficient (Wildman–Crippen LogP) is 1.52. The van der Waals surface area contributed by atoms with E-state index in [2.05, 4.69) is 10.00 Å². The van der Waals surface area contributed by atoms with Crippen LogP contribution in [0.2, 0.25) is 0 Å². The molecule has 32 heavy (non-hydrogen) atoms. The third-order valence-corrected chi connectivity index (χ3v) is 9.81. The molecule has 0 spiro atoms. The molecule has 3 heterocycles. The summed E-state index contributed by atoms with van der Waals surface area (Å²) in [5.41, 5.74) is 2.58. The number of sulfone groups is 1. The van der Waals surface area contributed by atoms with Crippen molar-refractivity contribution < 1.29 is 26.0 Å². The number of nitrogens with zero attached hydrogens (tertiary/aromatic N) is 4. The second-order valence-electron chi connectivity index (χ2n) is 8.21. The molecule has 0 bridgehead atoms. The summed E-state index contributed by atoms with van der Waals surface area (Å²) in [6.07, 6.45) is 0.547. The van der Waals surface area contributed by atoms with Gasteiger partial charge in [-0.3, -0.25) is 4.68 Å². The molecule has 2 aliphatic rings. The lowest BCUT2D eigenvalue weighted by Crippen LogP contribution is -2.49. The molecule has 2 fully saturated rings. The molecule has 1 aromatic heterocycles. The van der Waals surface area contributed by atoms with E-state index in [4.69, 9.17) is 4.74 Å². The van der Waals surface area contributed by atoms with Crippen LogP contribution < -0.4 is 9.64 Å². The van der Waals surface area contributed by atoms with Crippen molar-refractivity contribution in [2.24, 2.45) is 0 Å². The molecule has 4 rings (SSSR count). The fourth-order valence-corrected chi connectivity index (χ4v) is 7.86. The smallest absolute Gasteiger partial charge is 0.246 e. The number of anilines is 1. The fourth-order valence-electron chi connectivity index (χ4n) is 4.58. The van der Waals surface area contributed by atoms with Crippen LogP contribution in [0.1, 0.15) is 23.9 Å². The maximum atomic E-state index is 13.7. The largest absolute Gasteiger partial charge is 0.495 e. The quantitative estimate of drug-likeness (QED) is 0.631. The zero-order valence-corrected chi connectivity index (χ0v) is 19.9. The Bertz CT molecular complexity index is 1230. The number of ether oxygens (including phenoxy) is 1. The van der Waals surface area contributed by atoms with E-state index in [9.17, 15) is 21.2 Å². The number of sulfonamides is 1. The molecule has 0 aliphatic carbocycles. The summed E-state index contributed by atoms with van der Waals surface area (Å²) < 4.78 is 72.0. The Morgan fingerprint density at radius 3 is 2.44 bits per heavy atom. The van der Waals surface area contributed by atoms with E-state index in [1.807, 2.05) is 13.8 Å². The summed E-state index contributed by atoms with van der Waals surface area (Å²) >= 11 is 0. The molecule has 2 aromatic rings. The van der Waals surface area contributed by atoms with E-state index in [1.54, 1.807) is 4.68 Å². The number of aryl methyl sites for hydroxylation is 1. The van der Waals surface area contributed by atoms with Gasteiger partial charge in [-0.25, -0.2) is 21.2 Å². The minimum Gasteiger partial charge on any atom is -0.495 e. The monoisotopic (exact) mass is 486 g/mol. The van der Waals surface area contributed by atoms with Gasteiger partial charge in [-0.05, 0) is 38.5 Å². The Hall–Kier alpha value is -2.18. The van der Waals surface area contributed by atoms with Crippen LogP contribution in [0.4, 0.5) is 10.1 Å². The van der Waals surface area contributed by atoms with Crippen LogP contribution in [-0.2, 0) is 19.9 Å². The zero-order chi connectivity index (χ0) is 23.3. The first kappa shape index (κ1) is 23.0. The molecule has 176 valence electrons. The standard InChI is InChI=1S/C20H27FN4O5S2/c1-14-20(15(2)25(22-14)17-6-11-31(26,27)13-17)23-7-9-24(10-8-23)32(28,29)19-12-16(21)4-5-18(19)30-3/h4-5,12,17H,6-11,13H2,1-3H3/t17-/m1/s1. The number of hydrogen-bond acceptors (Lipinski definition) is 7. The lowest BCUT2D eigenvalue weighted by molar-refractivity contribution is 0.373. The van der Waals surface area contributed by atoms with Crippen molar-refractivity contribution in [1.29, 1.82) is 0 Å². The minimum atomic E-state index is -3.92. The van der Waals surface area contributed by atoms with Crippen molar-refractivity contribution in [3.05, 3.63) is 35.4 Å². The highest BCUT2D eigenvalue weighted by Gasteiger charge is 2.35. The zero-order valence-electron chi connectivity index (χ0n) is 18.3. The second-order valence-corrected chi connectivity index (χ2v) is 12.3. The first-order chi connectivity index (χ1) is 15.0. The molecule has 2 aliphatic heterocycles. The molecule has 2 saturated heterocycles. The Morgan fingerprint density at radius 1 is 1.16 bits per heavy atom. The SMILES string of the molecule is COc1ccc(F)cc1S(=O)(=O)N1CCN(c2c(C)nn([C@@H]3CCS(=O)(=O)C3)c2C)CC1. The van der Waals surface area contributed by atoms with Crippen molar-refractivity contribution in [2.45, 2.75) is 31.2 Å². The summed E-state index contributed by atoms with van der Waals surface area (Å²) in [6, 6.07) is 3.28. The Kier molecular flexibility index (Phi) is 5.97. The number of halogens is 1. The van der Waals surface area contributed by atoms with E-state index in [-0.39, 0.29) is 41.3 Å². The van der Waals surface area contributed by atoms with Gasteiger partial charge in [-0.2, -0.15) is 9.40 Å². The molecule has 0 radical (unpaired) electrons. The van der Waals surface area contributed by atoms with Gasteiger partial charge in [-0.1, -0.05) is 0 Å². The van der Waals surface area contributed by atoms with Crippen LogP contribution in [-0.4, -0.2) is 75.7 Å². The third-order valence-electron chi connectivity index (χ3n) is 6.14. The van der Waals surface area contributed by atoms with Gasteiger partial charge >= 0.3 is 0 Å². The molecule has 0 amide bonds. The van der Waals surface area contributed by atoms with E-state index in [0.717, 1.165) is 29.2 Å². The lowest BCUT2D eigenvalue weighted by atomic mass is 10.2. The summed E-state index contributed by atoms with van der Waals surface area (Å²) in [5, 5.41) is 4.60. The average molecular weight is 487 g/mol. The molecule has 1 aromatic carbocycles. The molecular formula is C20H27FN4O5S2. The highest BCUT2D eigenvalue weighted by molar-refractivity contribution is 7.91. The maximum Gasteiger partial charge on any atom is 0.246 e. The van der Waals surface area contributed by atoms with Gasteiger partial charge in [-0.15, -0.1) is 0 Å². The summed E-state index contributed by atoms with van der Waals surface area (Å²) in [7, 11) is -5.60. The van der Waals surface area contributed by atoms with Crippen molar-refractivity contribution in [3.63, 3.8) is 0 Å². The van der Waals surface area contributed by atoms with Crippen molar-refractivity contribution in [1.82, 2.24) is 14.1 Å². The van der Waals surface area contributed by atoms with Gasteiger partial charge in [0.15, 0.2) is 9.84 Å². The number of rotatable bonds is 5. The number of piperazine rings is 1. The van der Waals surface area contributed by atoms with Gasteiger partial charge in [0.25, 0.3) is 0 Å². The number of hydrogen-bond donors (Lipinski definition) is 0. The summed E-state index contributed by atoms with van der Waals surface area (Å²) in [4.78, 5) is 1.89. The molecule has 9 nitrogen and oxygen atoms in total. The third kappa shape index (κ3) is 4.11. The molecule has 12 heteroatoms. The molecule has 1 atom stereocenters. The van der Waals surface area contributed by atoms with Gasteiger partial charge in [0.05, 0.1) is 41.7 Å². The molecule has 0 unspecified atom stereocenters. The van der Waals surface area contributed by atoms with Gasteiger partial charge in [0.2, 0.25) is 10.0 Å². The highest BCUT2D eigenvalue weighted by atomic mass is 32.2. The normalized spacial score (nSPS) is 21.8. The van der Waals surface area contributed by atoms with Gasteiger partial charge in [0.1, 0.15) is 16.5 Å². The topological polar surface area (TPSA) is 102 Å². The van der Waals surface area contributed by atoms with Crippen LogP contribution in [0.3, 0.4) is 0 Å². The number of aromatic nitrogens is 2. The van der Waals surface area contributed by atoms with Crippen LogP contribution in [0, 0.1) is 19.7 Å². The van der Waals surface area contributed by atoms with E-state index >= 15 is 0 Å².